The fraction of sp³-hybridized carbons (Fsp3) is 0.231. The third kappa shape index (κ3) is 3.89. The van der Waals surface area contributed by atoms with Gasteiger partial charge < -0.3 is 5.32 Å². The Bertz CT molecular complexity index is 561. The molecule has 0 unspecified atom stereocenters. The maximum atomic E-state index is 12.7. The number of rotatable bonds is 4. The monoisotopic (exact) mass is 325 g/mol. The van der Waals surface area contributed by atoms with Gasteiger partial charge >= 0.3 is 0 Å². The Morgan fingerprint density at radius 1 is 1.42 bits per heavy atom. The second-order valence-electron chi connectivity index (χ2n) is 4.16. The summed E-state index contributed by atoms with van der Waals surface area (Å²) in [4.78, 5) is 11.7. The zero-order valence-electron chi connectivity index (χ0n) is 10.4. The zero-order valence-corrected chi connectivity index (χ0v) is 11.9. The van der Waals surface area contributed by atoms with Gasteiger partial charge in [0, 0.05) is 12.7 Å². The largest absolute Gasteiger partial charge is 0.350 e. The number of carbonyl (C=O) groups excluding carboxylic acids is 1. The molecule has 0 saturated carbocycles. The van der Waals surface area contributed by atoms with E-state index in [9.17, 15) is 9.18 Å². The van der Waals surface area contributed by atoms with Crippen LogP contribution in [-0.2, 0) is 17.9 Å². The standard InChI is InChI=1S/C13H13BrFN3O/c1-9-12(14)7-18(17-9)8-13(19)16-6-10-2-4-11(15)5-3-10/h2-5,7H,6,8H2,1H3,(H,16,19). The molecule has 19 heavy (non-hydrogen) atoms. The molecule has 2 aromatic rings. The summed E-state index contributed by atoms with van der Waals surface area (Å²) >= 11 is 3.34. The van der Waals surface area contributed by atoms with Crippen molar-refractivity contribution in [3.8, 4) is 0 Å². The minimum atomic E-state index is -0.285. The second-order valence-corrected chi connectivity index (χ2v) is 5.02. The van der Waals surface area contributed by atoms with Crippen LogP contribution in [-0.4, -0.2) is 15.7 Å². The van der Waals surface area contributed by atoms with Crippen molar-refractivity contribution < 1.29 is 9.18 Å². The molecule has 1 aromatic carbocycles. The van der Waals surface area contributed by atoms with Crippen LogP contribution in [0.2, 0.25) is 0 Å². The summed E-state index contributed by atoms with van der Waals surface area (Å²) in [5.41, 5.74) is 1.69. The molecule has 0 atom stereocenters. The van der Waals surface area contributed by atoms with Gasteiger partial charge in [-0.15, -0.1) is 0 Å². The Hall–Kier alpha value is -1.69. The molecule has 0 fully saturated rings. The lowest BCUT2D eigenvalue weighted by atomic mass is 10.2. The Labute approximate surface area is 118 Å². The number of amides is 1. The summed E-state index contributed by atoms with van der Waals surface area (Å²) in [6.45, 7) is 2.39. The Kier molecular flexibility index (Phi) is 4.31. The first kappa shape index (κ1) is 13.7. The number of hydrogen-bond donors (Lipinski definition) is 1. The molecule has 1 heterocycles. The van der Waals surface area contributed by atoms with Gasteiger partial charge in [0.05, 0.1) is 10.2 Å². The molecular formula is C13H13BrFN3O. The van der Waals surface area contributed by atoms with Crippen molar-refractivity contribution in [2.45, 2.75) is 20.0 Å². The first-order valence-corrected chi connectivity index (χ1v) is 6.54. The third-order valence-electron chi connectivity index (χ3n) is 2.59. The highest BCUT2D eigenvalue weighted by Crippen LogP contribution is 2.12. The number of nitrogens with one attached hydrogen (secondary N) is 1. The van der Waals surface area contributed by atoms with Crippen LogP contribution in [0.25, 0.3) is 0 Å². The van der Waals surface area contributed by atoms with Crippen LogP contribution in [0.1, 0.15) is 11.3 Å². The number of benzene rings is 1. The van der Waals surface area contributed by atoms with E-state index in [4.69, 9.17) is 0 Å². The lowest BCUT2D eigenvalue weighted by Crippen LogP contribution is -2.27. The number of nitrogens with zero attached hydrogens (tertiary/aromatic N) is 2. The molecule has 0 bridgehead atoms. The molecule has 1 N–H and O–H groups in total. The lowest BCUT2D eigenvalue weighted by Gasteiger charge is -2.05. The molecular weight excluding hydrogens is 313 g/mol. The van der Waals surface area contributed by atoms with Crippen LogP contribution in [0.5, 0.6) is 0 Å². The van der Waals surface area contributed by atoms with Crippen LogP contribution in [0.3, 0.4) is 0 Å². The summed E-state index contributed by atoms with van der Waals surface area (Å²) in [6.07, 6.45) is 1.76. The van der Waals surface area contributed by atoms with Crippen molar-refractivity contribution in [1.82, 2.24) is 15.1 Å². The van der Waals surface area contributed by atoms with E-state index < -0.39 is 0 Å². The van der Waals surface area contributed by atoms with Gasteiger partial charge in [0.25, 0.3) is 0 Å². The highest BCUT2D eigenvalue weighted by molar-refractivity contribution is 9.10. The number of aryl methyl sites for hydroxylation is 1. The van der Waals surface area contributed by atoms with Crippen molar-refractivity contribution in [2.24, 2.45) is 0 Å². The Balaban J connectivity index is 1.86. The molecule has 0 aliphatic carbocycles. The van der Waals surface area contributed by atoms with Crippen molar-refractivity contribution in [3.05, 3.63) is 52.0 Å². The average Bonchev–Trinajstić information content (AvgIpc) is 2.67. The molecule has 0 saturated heterocycles. The van der Waals surface area contributed by atoms with Gasteiger partial charge in [-0.1, -0.05) is 12.1 Å². The fourth-order valence-corrected chi connectivity index (χ4v) is 1.90. The Morgan fingerprint density at radius 3 is 2.68 bits per heavy atom. The quantitative estimate of drug-likeness (QED) is 0.938. The van der Waals surface area contributed by atoms with E-state index in [-0.39, 0.29) is 18.3 Å². The molecule has 100 valence electrons. The van der Waals surface area contributed by atoms with Crippen LogP contribution < -0.4 is 5.32 Å². The molecule has 0 aliphatic heterocycles. The van der Waals surface area contributed by atoms with Gasteiger partial charge in [0.2, 0.25) is 5.91 Å². The molecule has 2 rings (SSSR count). The van der Waals surface area contributed by atoms with Crippen molar-refractivity contribution in [3.63, 3.8) is 0 Å². The number of aromatic nitrogens is 2. The maximum Gasteiger partial charge on any atom is 0.241 e. The van der Waals surface area contributed by atoms with Crippen LogP contribution in [0.4, 0.5) is 4.39 Å². The highest BCUT2D eigenvalue weighted by Gasteiger charge is 2.06. The third-order valence-corrected chi connectivity index (χ3v) is 3.37. The van der Waals surface area contributed by atoms with E-state index in [2.05, 4.69) is 26.3 Å². The highest BCUT2D eigenvalue weighted by atomic mass is 79.9. The van der Waals surface area contributed by atoms with E-state index >= 15 is 0 Å². The van der Waals surface area contributed by atoms with E-state index in [1.165, 1.54) is 12.1 Å². The summed E-state index contributed by atoms with van der Waals surface area (Å²) < 4.78 is 15.2. The fourth-order valence-electron chi connectivity index (χ4n) is 1.58. The predicted molar refractivity (Wildman–Crippen MR) is 72.9 cm³/mol. The summed E-state index contributed by atoms with van der Waals surface area (Å²) in [5.74, 6) is -0.425. The molecule has 0 aliphatic rings. The molecule has 1 amide bonds. The molecule has 4 nitrogen and oxygen atoms in total. The van der Waals surface area contributed by atoms with Gasteiger partial charge in [0.1, 0.15) is 12.4 Å². The Morgan fingerprint density at radius 2 is 2.11 bits per heavy atom. The van der Waals surface area contributed by atoms with Gasteiger partial charge in [-0.25, -0.2) is 4.39 Å². The zero-order chi connectivity index (χ0) is 13.8. The van der Waals surface area contributed by atoms with Crippen LogP contribution >= 0.6 is 15.9 Å². The predicted octanol–water partition coefficient (Wildman–Crippen LogP) is 2.41. The minimum absolute atomic E-state index is 0.140. The van der Waals surface area contributed by atoms with E-state index in [1.54, 1.807) is 23.0 Å². The van der Waals surface area contributed by atoms with E-state index in [0.717, 1.165) is 15.7 Å². The first-order valence-electron chi connectivity index (χ1n) is 5.75. The maximum absolute atomic E-state index is 12.7. The van der Waals surface area contributed by atoms with Crippen LogP contribution in [0.15, 0.2) is 34.9 Å². The average molecular weight is 326 g/mol. The normalized spacial score (nSPS) is 10.5. The van der Waals surface area contributed by atoms with Crippen molar-refractivity contribution >= 4 is 21.8 Å². The number of hydrogen-bond acceptors (Lipinski definition) is 2. The number of carbonyl (C=O) groups is 1. The lowest BCUT2D eigenvalue weighted by molar-refractivity contribution is -0.122. The molecule has 0 spiro atoms. The molecule has 1 aromatic heterocycles. The summed E-state index contributed by atoms with van der Waals surface area (Å²) in [6, 6.07) is 6.03. The second kappa shape index (κ2) is 5.97. The molecule has 6 heteroatoms. The van der Waals surface area contributed by atoms with Gasteiger partial charge in [-0.3, -0.25) is 9.48 Å². The minimum Gasteiger partial charge on any atom is -0.350 e. The van der Waals surface area contributed by atoms with E-state index in [1.807, 2.05) is 6.92 Å². The summed E-state index contributed by atoms with van der Waals surface area (Å²) in [5, 5.41) is 6.93. The van der Waals surface area contributed by atoms with Crippen molar-refractivity contribution in [1.29, 1.82) is 0 Å². The van der Waals surface area contributed by atoms with E-state index in [0.29, 0.717) is 6.54 Å². The number of halogens is 2. The smallest absolute Gasteiger partial charge is 0.241 e. The SMILES string of the molecule is Cc1nn(CC(=O)NCc2ccc(F)cc2)cc1Br. The molecule has 0 radical (unpaired) electrons. The topological polar surface area (TPSA) is 46.9 Å². The van der Waals surface area contributed by atoms with Gasteiger partial charge in [0.15, 0.2) is 0 Å². The van der Waals surface area contributed by atoms with Crippen molar-refractivity contribution in [2.75, 3.05) is 0 Å². The summed E-state index contributed by atoms with van der Waals surface area (Å²) in [7, 11) is 0. The first-order chi connectivity index (χ1) is 9.04. The van der Waals surface area contributed by atoms with Gasteiger partial charge in [-0.2, -0.15) is 5.10 Å². The van der Waals surface area contributed by atoms with Crippen LogP contribution in [0, 0.1) is 12.7 Å². The van der Waals surface area contributed by atoms with Gasteiger partial charge in [-0.05, 0) is 40.5 Å².